The standard InChI is InChI=1S/C39H29BrClN3O8/c1-52-31-17-21(40)16-29(34(31)45)33-26-14-15-27-32(37(48)42(35(27)46)23-10-12-24(13-11-23)44(50)51)28(26)19-30-36(47)43(25-9-5-8-22(41)18-25)38(49)39(30,33)20-6-3-2-4-7-20/h2-14,16-18,27-28,30,32-33,45H,15,19H2,1H3/t27-,28+,30-,32-,33+,39+/m0/s1. The zero-order valence-electron chi connectivity index (χ0n) is 27.4. The molecule has 3 fully saturated rings. The fraction of sp³-hybridized carbons (Fsp3) is 0.231. The van der Waals surface area contributed by atoms with E-state index in [0.717, 1.165) is 9.80 Å². The minimum atomic E-state index is -1.59. The molecule has 0 radical (unpaired) electrons. The van der Waals surface area contributed by atoms with Gasteiger partial charge < -0.3 is 9.84 Å². The zero-order chi connectivity index (χ0) is 36.6. The molecule has 13 heteroatoms. The van der Waals surface area contributed by atoms with Crippen LogP contribution in [0.5, 0.6) is 11.5 Å². The van der Waals surface area contributed by atoms with Crippen LogP contribution < -0.4 is 14.5 Å². The first-order chi connectivity index (χ1) is 25.0. The van der Waals surface area contributed by atoms with Gasteiger partial charge in [-0.25, -0.2) is 4.90 Å². The summed E-state index contributed by atoms with van der Waals surface area (Å²) in [6.45, 7) is 0. The zero-order valence-corrected chi connectivity index (χ0v) is 29.8. The Morgan fingerprint density at radius 2 is 1.62 bits per heavy atom. The third kappa shape index (κ3) is 4.77. The van der Waals surface area contributed by atoms with Gasteiger partial charge in [-0.2, -0.15) is 0 Å². The number of anilines is 2. The van der Waals surface area contributed by atoms with Gasteiger partial charge in [-0.15, -0.1) is 0 Å². The van der Waals surface area contributed by atoms with E-state index in [1.165, 1.54) is 31.4 Å². The molecule has 0 bridgehead atoms. The maximum absolute atomic E-state index is 15.4. The van der Waals surface area contributed by atoms with E-state index in [1.807, 2.05) is 12.1 Å². The summed E-state index contributed by atoms with van der Waals surface area (Å²) in [7, 11) is 1.41. The lowest BCUT2D eigenvalue weighted by molar-refractivity contribution is -0.384. The van der Waals surface area contributed by atoms with E-state index in [0.29, 0.717) is 26.2 Å². The third-order valence-corrected chi connectivity index (χ3v) is 11.8. The van der Waals surface area contributed by atoms with Crippen LogP contribution in [0.15, 0.2) is 107 Å². The van der Waals surface area contributed by atoms with Gasteiger partial charge in [0.05, 0.1) is 46.6 Å². The number of hydrogen-bond donors (Lipinski definition) is 1. The second-order valence-corrected chi connectivity index (χ2v) is 14.8. The number of carbonyl (C=O) groups is 4. The van der Waals surface area contributed by atoms with Gasteiger partial charge in [0.15, 0.2) is 11.5 Å². The van der Waals surface area contributed by atoms with Gasteiger partial charge in [0.2, 0.25) is 23.6 Å². The number of nitro groups is 1. The number of allylic oxidation sites excluding steroid dienone is 2. The molecule has 52 heavy (non-hydrogen) atoms. The summed E-state index contributed by atoms with van der Waals surface area (Å²) in [4.78, 5) is 71.8. The highest BCUT2D eigenvalue weighted by Gasteiger charge is 2.70. The Bertz CT molecular complexity index is 2250. The summed E-state index contributed by atoms with van der Waals surface area (Å²) in [6, 6.07) is 24.0. The van der Waals surface area contributed by atoms with E-state index in [2.05, 4.69) is 15.9 Å². The van der Waals surface area contributed by atoms with Crippen molar-refractivity contribution in [3.05, 3.63) is 133 Å². The summed E-state index contributed by atoms with van der Waals surface area (Å²) in [5, 5.41) is 23.5. The van der Waals surface area contributed by atoms with Crippen LogP contribution in [0, 0.1) is 33.8 Å². The number of ether oxygens (including phenoxy) is 1. The van der Waals surface area contributed by atoms with Crippen molar-refractivity contribution in [1.29, 1.82) is 0 Å². The lowest BCUT2D eigenvalue weighted by Gasteiger charge is -2.50. The van der Waals surface area contributed by atoms with Gasteiger partial charge in [0.25, 0.3) is 5.69 Å². The van der Waals surface area contributed by atoms with Crippen LogP contribution in [0.2, 0.25) is 5.02 Å². The number of halogens is 2. The molecule has 262 valence electrons. The van der Waals surface area contributed by atoms with Gasteiger partial charge >= 0.3 is 0 Å². The molecule has 2 saturated heterocycles. The van der Waals surface area contributed by atoms with Crippen molar-refractivity contribution in [2.45, 2.75) is 24.2 Å². The van der Waals surface area contributed by atoms with Crippen LogP contribution in [-0.2, 0) is 24.6 Å². The maximum Gasteiger partial charge on any atom is 0.269 e. The summed E-state index contributed by atoms with van der Waals surface area (Å²) >= 11 is 9.93. The average molecular weight is 783 g/mol. The summed E-state index contributed by atoms with van der Waals surface area (Å²) in [5.41, 5.74) is 0.223. The Hall–Kier alpha value is -5.33. The molecule has 4 aromatic carbocycles. The van der Waals surface area contributed by atoms with Crippen LogP contribution in [-0.4, -0.2) is 40.8 Å². The number of nitrogens with zero attached hydrogens (tertiary/aromatic N) is 3. The molecule has 4 aromatic rings. The Morgan fingerprint density at radius 1 is 0.885 bits per heavy atom. The van der Waals surface area contributed by atoms with Crippen LogP contribution in [0.1, 0.15) is 29.9 Å². The molecular weight excluding hydrogens is 754 g/mol. The quantitative estimate of drug-likeness (QED) is 0.0944. The molecule has 4 aliphatic rings. The number of benzene rings is 4. The normalized spacial score (nSPS) is 26.5. The lowest BCUT2D eigenvalue weighted by atomic mass is 9.49. The molecule has 2 heterocycles. The van der Waals surface area contributed by atoms with Crippen LogP contribution in [0.25, 0.3) is 0 Å². The molecule has 11 nitrogen and oxygen atoms in total. The number of rotatable bonds is 6. The molecule has 0 unspecified atom stereocenters. The number of phenolic OH excluding ortho intramolecular Hbond substituents is 1. The van der Waals surface area contributed by atoms with Crippen molar-refractivity contribution >= 4 is 68.2 Å². The topological polar surface area (TPSA) is 147 Å². The highest BCUT2D eigenvalue weighted by Crippen LogP contribution is 2.66. The van der Waals surface area contributed by atoms with Crippen molar-refractivity contribution in [2.75, 3.05) is 16.9 Å². The number of amides is 4. The van der Waals surface area contributed by atoms with E-state index in [-0.39, 0.29) is 41.4 Å². The Labute approximate surface area is 310 Å². The van der Waals surface area contributed by atoms with Gasteiger partial charge in [0.1, 0.15) is 0 Å². The molecular formula is C39H29BrClN3O8. The Balaban J connectivity index is 1.36. The maximum atomic E-state index is 15.4. The first-order valence-electron chi connectivity index (χ1n) is 16.6. The largest absolute Gasteiger partial charge is 0.504 e. The van der Waals surface area contributed by atoms with Gasteiger partial charge in [0, 0.05) is 33.1 Å². The SMILES string of the molecule is COc1cc(Br)cc([C@H]2C3=CC[C@@H]4C(=O)N(c5ccc([N+](=O)[O-])cc5)C(=O)[C@@H]4[C@@H]3C[C@H]3C(=O)N(c4cccc(Cl)c4)C(=O)[C@@]23c2ccccc2)c1O. The van der Waals surface area contributed by atoms with Gasteiger partial charge in [-0.1, -0.05) is 75.6 Å². The van der Waals surface area contributed by atoms with E-state index in [9.17, 15) is 29.6 Å². The predicted octanol–water partition coefficient (Wildman–Crippen LogP) is 7.09. The number of nitro benzene ring substituents is 1. The van der Waals surface area contributed by atoms with E-state index < -0.39 is 63.6 Å². The predicted molar refractivity (Wildman–Crippen MR) is 194 cm³/mol. The fourth-order valence-corrected chi connectivity index (χ4v) is 9.68. The molecule has 2 aliphatic heterocycles. The molecule has 0 aromatic heterocycles. The number of aromatic hydroxyl groups is 1. The van der Waals surface area contributed by atoms with Crippen molar-refractivity contribution in [3.63, 3.8) is 0 Å². The van der Waals surface area contributed by atoms with Crippen molar-refractivity contribution in [3.8, 4) is 11.5 Å². The number of methoxy groups -OCH3 is 1. The van der Waals surface area contributed by atoms with Gasteiger partial charge in [-0.05, 0) is 66.8 Å². The van der Waals surface area contributed by atoms with Crippen LogP contribution >= 0.6 is 27.5 Å². The first kappa shape index (κ1) is 33.8. The fourth-order valence-electron chi connectivity index (χ4n) is 9.04. The summed E-state index contributed by atoms with van der Waals surface area (Å²) in [6.07, 6.45) is 2.09. The average Bonchev–Trinajstić information content (AvgIpc) is 3.53. The van der Waals surface area contributed by atoms with Gasteiger partial charge in [-0.3, -0.25) is 34.2 Å². The highest BCUT2D eigenvalue weighted by molar-refractivity contribution is 9.10. The third-order valence-electron chi connectivity index (χ3n) is 11.1. The van der Waals surface area contributed by atoms with Crippen molar-refractivity contribution < 1.29 is 33.9 Å². The Kier molecular flexibility index (Phi) is 8.07. The number of imide groups is 2. The number of non-ortho nitro benzene ring substituents is 1. The molecule has 8 rings (SSSR count). The second-order valence-electron chi connectivity index (χ2n) is 13.4. The molecule has 6 atom stereocenters. The number of hydrogen-bond acceptors (Lipinski definition) is 8. The van der Waals surface area contributed by atoms with Crippen LogP contribution in [0.4, 0.5) is 17.1 Å². The smallest absolute Gasteiger partial charge is 0.269 e. The summed E-state index contributed by atoms with van der Waals surface area (Å²) < 4.78 is 6.11. The first-order valence-corrected chi connectivity index (χ1v) is 17.7. The van der Waals surface area contributed by atoms with E-state index in [1.54, 1.807) is 60.7 Å². The van der Waals surface area contributed by atoms with Crippen molar-refractivity contribution in [1.82, 2.24) is 0 Å². The number of phenols is 1. The molecule has 2 aliphatic carbocycles. The minimum Gasteiger partial charge on any atom is -0.504 e. The number of carbonyl (C=O) groups excluding carboxylic acids is 4. The second kappa shape index (κ2) is 12.4. The number of fused-ring (bicyclic) bond motifs is 4. The molecule has 0 spiro atoms. The lowest BCUT2D eigenvalue weighted by Crippen LogP contribution is -2.53. The van der Waals surface area contributed by atoms with E-state index in [4.69, 9.17) is 16.3 Å². The summed E-state index contributed by atoms with van der Waals surface area (Å²) in [5.74, 6) is -6.42. The molecule has 1 N–H and O–H groups in total. The monoisotopic (exact) mass is 781 g/mol. The van der Waals surface area contributed by atoms with Crippen LogP contribution in [0.3, 0.4) is 0 Å². The van der Waals surface area contributed by atoms with Crippen molar-refractivity contribution in [2.24, 2.45) is 23.7 Å². The highest BCUT2D eigenvalue weighted by atomic mass is 79.9. The Morgan fingerprint density at radius 3 is 2.29 bits per heavy atom. The van der Waals surface area contributed by atoms with E-state index >= 15 is 4.79 Å². The molecule has 1 saturated carbocycles. The molecule has 4 amide bonds. The minimum absolute atomic E-state index is 0.0546.